The molecule has 1 aromatic rings. The molecule has 1 N–H and O–H groups in total. The Balaban J connectivity index is 2.10. The summed E-state index contributed by atoms with van der Waals surface area (Å²) in [6.07, 6.45) is -0.0387. The number of halogens is 3. The van der Waals surface area contributed by atoms with Crippen LogP contribution in [-0.2, 0) is 6.18 Å². The lowest BCUT2D eigenvalue weighted by atomic mass is 9.73. The summed E-state index contributed by atoms with van der Waals surface area (Å²) in [7, 11) is 1.95. The first-order valence-corrected chi connectivity index (χ1v) is 7.99. The van der Waals surface area contributed by atoms with E-state index in [-0.39, 0.29) is 5.41 Å². The molecular weight excluding hydrogens is 297 g/mol. The van der Waals surface area contributed by atoms with Gasteiger partial charge in [0.25, 0.3) is 0 Å². The van der Waals surface area contributed by atoms with Gasteiger partial charge in [-0.15, -0.1) is 11.8 Å². The van der Waals surface area contributed by atoms with Gasteiger partial charge in [0, 0.05) is 17.5 Å². The SMILES string of the molecule is CNC1C(Sc2ccc(C(F)(F)F)cn2)CCCC1(C)C. The van der Waals surface area contributed by atoms with E-state index in [4.69, 9.17) is 0 Å². The Kier molecular flexibility index (Phi) is 4.88. The van der Waals surface area contributed by atoms with Crippen molar-refractivity contribution in [2.45, 2.75) is 55.6 Å². The number of thioether (sulfide) groups is 1. The number of hydrogen-bond donors (Lipinski definition) is 1. The molecule has 0 saturated heterocycles. The fraction of sp³-hybridized carbons (Fsp3) is 0.667. The van der Waals surface area contributed by atoms with Crippen LogP contribution in [0.3, 0.4) is 0 Å². The minimum atomic E-state index is -4.32. The van der Waals surface area contributed by atoms with Gasteiger partial charge in [0.15, 0.2) is 0 Å². The molecule has 1 aliphatic carbocycles. The van der Waals surface area contributed by atoms with Crippen LogP contribution in [0.25, 0.3) is 0 Å². The van der Waals surface area contributed by atoms with Crippen LogP contribution in [-0.4, -0.2) is 23.3 Å². The van der Waals surface area contributed by atoms with Gasteiger partial charge in [-0.3, -0.25) is 0 Å². The molecule has 21 heavy (non-hydrogen) atoms. The van der Waals surface area contributed by atoms with Crippen molar-refractivity contribution in [3.63, 3.8) is 0 Å². The van der Waals surface area contributed by atoms with Crippen molar-refractivity contribution >= 4 is 11.8 Å². The molecule has 6 heteroatoms. The highest BCUT2D eigenvalue weighted by atomic mass is 32.2. The summed E-state index contributed by atoms with van der Waals surface area (Å²) in [5, 5.41) is 4.37. The molecule has 0 amide bonds. The van der Waals surface area contributed by atoms with Gasteiger partial charge in [-0.05, 0) is 37.4 Å². The van der Waals surface area contributed by atoms with E-state index in [1.165, 1.54) is 6.07 Å². The number of nitrogens with zero attached hydrogens (tertiary/aromatic N) is 1. The number of aromatic nitrogens is 1. The highest BCUT2D eigenvalue weighted by molar-refractivity contribution is 7.99. The molecule has 0 radical (unpaired) electrons. The third-order valence-corrected chi connectivity index (χ3v) is 5.46. The quantitative estimate of drug-likeness (QED) is 0.896. The summed E-state index contributed by atoms with van der Waals surface area (Å²) in [6.45, 7) is 4.47. The summed E-state index contributed by atoms with van der Waals surface area (Å²) in [5.41, 5.74) is -0.502. The second kappa shape index (κ2) is 6.16. The molecule has 0 bridgehead atoms. The van der Waals surface area contributed by atoms with Crippen LogP contribution in [0.15, 0.2) is 23.4 Å². The predicted molar refractivity (Wildman–Crippen MR) is 79.4 cm³/mol. The first kappa shape index (κ1) is 16.6. The molecule has 1 aliphatic rings. The number of nitrogens with one attached hydrogen (secondary N) is 1. The van der Waals surface area contributed by atoms with E-state index in [0.717, 1.165) is 31.5 Å². The van der Waals surface area contributed by atoms with Crippen LogP contribution >= 0.6 is 11.8 Å². The molecular formula is C15H21F3N2S. The third kappa shape index (κ3) is 3.92. The van der Waals surface area contributed by atoms with E-state index in [9.17, 15) is 13.2 Å². The van der Waals surface area contributed by atoms with Crippen molar-refractivity contribution in [2.75, 3.05) is 7.05 Å². The van der Waals surface area contributed by atoms with Crippen molar-refractivity contribution in [1.29, 1.82) is 0 Å². The average molecular weight is 318 g/mol. The molecule has 0 aromatic carbocycles. The molecule has 1 heterocycles. The average Bonchev–Trinajstić information content (AvgIpc) is 2.37. The van der Waals surface area contributed by atoms with Crippen LogP contribution in [0.2, 0.25) is 0 Å². The summed E-state index contributed by atoms with van der Waals surface area (Å²) in [6, 6.07) is 2.92. The van der Waals surface area contributed by atoms with Crippen LogP contribution in [0, 0.1) is 5.41 Å². The van der Waals surface area contributed by atoms with E-state index < -0.39 is 11.7 Å². The fourth-order valence-electron chi connectivity index (χ4n) is 3.06. The smallest absolute Gasteiger partial charge is 0.315 e. The van der Waals surface area contributed by atoms with Crippen molar-refractivity contribution in [3.8, 4) is 0 Å². The molecule has 1 fully saturated rings. The normalized spacial score (nSPS) is 25.8. The van der Waals surface area contributed by atoms with Gasteiger partial charge < -0.3 is 5.32 Å². The van der Waals surface area contributed by atoms with E-state index in [0.29, 0.717) is 16.3 Å². The number of rotatable bonds is 3. The molecule has 2 nitrogen and oxygen atoms in total. The van der Waals surface area contributed by atoms with Crippen LogP contribution in [0.4, 0.5) is 13.2 Å². The lowest BCUT2D eigenvalue weighted by Gasteiger charge is -2.43. The molecule has 0 spiro atoms. The summed E-state index contributed by atoms with van der Waals surface area (Å²) < 4.78 is 37.6. The molecule has 1 aromatic heterocycles. The molecule has 2 rings (SSSR count). The second-order valence-electron chi connectivity index (χ2n) is 6.19. The van der Waals surface area contributed by atoms with Crippen molar-refractivity contribution in [3.05, 3.63) is 23.9 Å². The Hall–Kier alpha value is -0.750. The Labute approximate surface area is 127 Å². The van der Waals surface area contributed by atoms with Gasteiger partial charge >= 0.3 is 6.18 Å². The molecule has 2 unspecified atom stereocenters. The summed E-state index contributed by atoms with van der Waals surface area (Å²) >= 11 is 1.58. The predicted octanol–water partition coefficient (Wildman–Crippen LogP) is 4.36. The Morgan fingerprint density at radius 2 is 2.05 bits per heavy atom. The highest BCUT2D eigenvalue weighted by Gasteiger charge is 2.38. The zero-order chi connectivity index (χ0) is 15.7. The van der Waals surface area contributed by atoms with Crippen LogP contribution in [0.1, 0.15) is 38.7 Å². The second-order valence-corrected chi connectivity index (χ2v) is 7.45. The monoisotopic (exact) mass is 318 g/mol. The number of alkyl halides is 3. The highest BCUT2D eigenvalue weighted by Crippen LogP contribution is 2.42. The minimum absolute atomic E-state index is 0.191. The van der Waals surface area contributed by atoms with Gasteiger partial charge in [-0.2, -0.15) is 13.2 Å². The third-order valence-electron chi connectivity index (χ3n) is 4.17. The van der Waals surface area contributed by atoms with Gasteiger partial charge in [-0.25, -0.2) is 4.98 Å². The van der Waals surface area contributed by atoms with Crippen LogP contribution < -0.4 is 5.32 Å². The van der Waals surface area contributed by atoms with Gasteiger partial charge in [0.2, 0.25) is 0 Å². The zero-order valence-electron chi connectivity index (χ0n) is 12.5. The number of pyridine rings is 1. The topological polar surface area (TPSA) is 24.9 Å². The van der Waals surface area contributed by atoms with Crippen LogP contribution in [0.5, 0.6) is 0 Å². The van der Waals surface area contributed by atoms with E-state index in [1.54, 1.807) is 11.8 Å². The van der Waals surface area contributed by atoms with Gasteiger partial charge in [0.1, 0.15) is 0 Å². The molecule has 1 saturated carbocycles. The number of hydrogen-bond acceptors (Lipinski definition) is 3. The first-order chi connectivity index (χ1) is 9.74. The van der Waals surface area contributed by atoms with E-state index in [1.807, 2.05) is 7.05 Å². The van der Waals surface area contributed by atoms with E-state index >= 15 is 0 Å². The maximum absolute atomic E-state index is 12.5. The van der Waals surface area contributed by atoms with Gasteiger partial charge in [-0.1, -0.05) is 20.3 Å². The summed E-state index contributed by atoms with van der Waals surface area (Å²) in [4.78, 5) is 3.97. The largest absolute Gasteiger partial charge is 0.417 e. The summed E-state index contributed by atoms with van der Waals surface area (Å²) in [5.74, 6) is 0. The Bertz CT molecular complexity index is 471. The van der Waals surface area contributed by atoms with Crippen molar-refractivity contribution in [1.82, 2.24) is 10.3 Å². The molecule has 2 atom stereocenters. The maximum Gasteiger partial charge on any atom is 0.417 e. The van der Waals surface area contributed by atoms with E-state index in [2.05, 4.69) is 24.1 Å². The molecule has 0 aliphatic heterocycles. The Morgan fingerprint density at radius 1 is 1.33 bits per heavy atom. The van der Waals surface area contributed by atoms with Gasteiger partial charge in [0.05, 0.1) is 10.6 Å². The lowest BCUT2D eigenvalue weighted by molar-refractivity contribution is -0.137. The first-order valence-electron chi connectivity index (χ1n) is 7.11. The lowest BCUT2D eigenvalue weighted by Crippen LogP contribution is -2.49. The van der Waals surface area contributed by atoms with Crippen molar-refractivity contribution in [2.24, 2.45) is 5.41 Å². The fourth-order valence-corrected chi connectivity index (χ4v) is 4.56. The maximum atomic E-state index is 12.5. The Morgan fingerprint density at radius 3 is 2.57 bits per heavy atom. The standard InChI is InChI=1S/C15H21F3N2S/c1-14(2)8-4-5-11(13(14)19-3)21-12-7-6-10(9-20-12)15(16,17)18/h6-7,9,11,13,19H,4-5,8H2,1-3H3. The molecule has 118 valence electrons. The zero-order valence-corrected chi connectivity index (χ0v) is 13.3. The van der Waals surface area contributed by atoms with Crippen molar-refractivity contribution < 1.29 is 13.2 Å². The minimum Gasteiger partial charge on any atom is -0.315 e.